The molecule has 1 amide bonds. The molecule has 0 aliphatic rings. The predicted molar refractivity (Wildman–Crippen MR) is 117 cm³/mol. The van der Waals surface area contributed by atoms with Crippen molar-refractivity contribution in [1.29, 1.82) is 0 Å². The molecule has 0 atom stereocenters. The van der Waals surface area contributed by atoms with Gasteiger partial charge in [0.2, 0.25) is 5.91 Å². The van der Waals surface area contributed by atoms with Crippen LogP contribution < -0.4 is 10.1 Å². The van der Waals surface area contributed by atoms with Crippen LogP contribution in [0.2, 0.25) is 0 Å². The standard InChI is InChI=1S/C24H31N3O2/c1-4-24(28)25-15-14-23-26-21-8-5-6-9-22(21)27(23)16-7-17-29-20-12-10-19(11-13-20)18(2)3/h5-6,8-13,18H,4,7,14-17H2,1-3H3,(H,25,28). The van der Waals surface area contributed by atoms with Crippen LogP contribution in [0.3, 0.4) is 0 Å². The summed E-state index contributed by atoms with van der Waals surface area (Å²) in [6.07, 6.45) is 2.12. The van der Waals surface area contributed by atoms with Crippen molar-refractivity contribution < 1.29 is 9.53 Å². The molecule has 0 saturated carbocycles. The average molecular weight is 394 g/mol. The van der Waals surface area contributed by atoms with Crippen molar-refractivity contribution >= 4 is 16.9 Å². The number of carbonyl (C=O) groups excluding carboxylic acids is 1. The molecule has 1 N–H and O–H groups in total. The fourth-order valence-corrected chi connectivity index (χ4v) is 3.37. The monoisotopic (exact) mass is 393 g/mol. The van der Waals surface area contributed by atoms with Gasteiger partial charge >= 0.3 is 0 Å². The molecular formula is C24H31N3O2. The molecule has 1 heterocycles. The van der Waals surface area contributed by atoms with Gasteiger partial charge in [-0.1, -0.05) is 45.0 Å². The first-order chi connectivity index (χ1) is 14.1. The van der Waals surface area contributed by atoms with Crippen molar-refractivity contribution in [3.8, 4) is 5.75 Å². The normalized spacial score (nSPS) is 11.2. The molecule has 0 aliphatic heterocycles. The second kappa shape index (κ2) is 10.1. The molecule has 0 spiro atoms. The number of hydrogen-bond donors (Lipinski definition) is 1. The molecule has 2 aromatic carbocycles. The molecule has 0 aliphatic carbocycles. The Balaban J connectivity index is 1.59. The van der Waals surface area contributed by atoms with Gasteiger partial charge in [0.1, 0.15) is 11.6 Å². The number of hydrogen-bond acceptors (Lipinski definition) is 3. The molecule has 3 rings (SSSR count). The fourth-order valence-electron chi connectivity index (χ4n) is 3.37. The number of carbonyl (C=O) groups is 1. The highest BCUT2D eigenvalue weighted by atomic mass is 16.5. The maximum atomic E-state index is 11.5. The van der Waals surface area contributed by atoms with Crippen LogP contribution in [0.1, 0.15) is 50.9 Å². The number of para-hydroxylation sites is 2. The Hall–Kier alpha value is -2.82. The number of nitrogens with one attached hydrogen (secondary N) is 1. The Morgan fingerprint density at radius 3 is 2.62 bits per heavy atom. The van der Waals surface area contributed by atoms with Crippen LogP contribution in [0.5, 0.6) is 5.75 Å². The van der Waals surface area contributed by atoms with Crippen LogP contribution >= 0.6 is 0 Å². The molecular weight excluding hydrogens is 362 g/mol. The van der Waals surface area contributed by atoms with Crippen molar-refractivity contribution in [2.75, 3.05) is 13.2 Å². The molecule has 0 saturated heterocycles. The van der Waals surface area contributed by atoms with Gasteiger partial charge in [-0.15, -0.1) is 0 Å². The molecule has 3 aromatic rings. The average Bonchev–Trinajstić information content (AvgIpc) is 3.08. The highest BCUT2D eigenvalue weighted by Gasteiger charge is 2.10. The van der Waals surface area contributed by atoms with Crippen molar-refractivity contribution in [2.24, 2.45) is 0 Å². The highest BCUT2D eigenvalue weighted by Crippen LogP contribution is 2.20. The first-order valence-electron chi connectivity index (χ1n) is 10.5. The van der Waals surface area contributed by atoms with E-state index in [9.17, 15) is 4.79 Å². The van der Waals surface area contributed by atoms with Crippen molar-refractivity contribution in [3.63, 3.8) is 0 Å². The lowest BCUT2D eigenvalue weighted by Gasteiger charge is -2.11. The number of aromatic nitrogens is 2. The molecule has 1 aromatic heterocycles. The van der Waals surface area contributed by atoms with E-state index in [2.05, 4.69) is 41.9 Å². The lowest BCUT2D eigenvalue weighted by Crippen LogP contribution is -2.25. The van der Waals surface area contributed by atoms with E-state index in [4.69, 9.17) is 9.72 Å². The molecule has 0 unspecified atom stereocenters. The number of imidazole rings is 1. The first-order valence-corrected chi connectivity index (χ1v) is 10.5. The van der Waals surface area contributed by atoms with Crippen LogP contribution in [-0.2, 0) is 17.8 Å². The summed E-state index contributed by atoms with van der Waals surface area (Å²) in [5.74, 6) is 2.51. The summed E-state index contributed by atoms with van der Waals surface area (Å²) in [6.45, 7) is 8.34. The van der Waals surface area contributed by atoms with Gasteiger partial charge in [-0.2, -0.15) is 0 Å². The van der Waals surface area contributed by atoms with E-state index >= 15 is 0 Å². The van der Waals surface area contributed by atoms with Crippen LogP contribution in [0.4, 0.5) is 0 Å². The molecule has 154 valence electrons. The Morgan fingerprint density at radius 2 is 1.90 bits per heavy atom. The quantitative estimate of drug-likeness (QED) is 0.508. The van der Waals surface area contributed by atoms with Gasteiger partial charge in [0.15, 0.2) is 0 Å². The van der Waals surface area contributed by atoms with Crippen LogP contribution in [0.15, 0.2) is 48.5 Å². The zero-order valence-corrected chi connectivity index (χ0v) is 17.6. The van der Waals surface area contributed by atoms with Crippen LogP contribution in [0.25, 0.3) is 11.0 Å². The second-order valence-corrected chi connectivity index (χ2v) is 7.55. The predicted octanol–water partition coefficient (Wildman–Crippen LogP) is 4.70. The molecule has 0 fully saturated rings. The summed E-state index contributed by atoms with van der Waals surface area (Å²) in [5.41, 5.74) is 3.45. The van der Waals surface area contributed by atoms with Gasteiger partial charge in [-0.25, -0.2) is 4.98 Å². The largest absolute Gasteiger partial charge is 0.494 e. The smallest absolute Gasteiger partial charge is 0.219 e. The SMILES string of the molecule is CCC(=O)NCCc1nc2ccccc2n1CCCOc1ccc(C(C)C)cc1. The molecule has 0 radical (unpaired) electrons. The molecule has 5 nitrogen and oxygen atoms in total. The van der Waals surface area contributed by atoms with Gasteiger partial charge < -0.3 is 14.6 Å². The summed E-state index contributed by atoms with van der Waals surface area (Å²) in [7, 11) is 0. The Kier molecular flexibility index (Phi) is 7.28. The summed E-state index contributed by atoms with van der Waals surface area (Å²) in [6, 6.07) is 16.5. The zero-order valence-electron chi connectivity index (χ0n) is 17.6. The van der Waals surface area contributed by atoms with Gasteiger partial charge in [-0.05, 0) is 42.2 Å². The molecule has 29 heavy (non-hydrogen) atoms. The van der Waals surface area contributed by atoms with Crippen LogP contribution in [-0.4, -0.2) is 28.6 Å². The number of nitrogens with zero attached hydrogens (tertiary/aromatic N) is 2. The maximum absolute atomic E-state index is 11.5. The maximum Gasteiger partial charge on any atom is 0.219 e. The Labute approximate surface area is 173 Å². The Morgan fingerprint density at radius 1 is 1.14 bits per heavy atom. The molecule has 0 bridgehead atoms. The molecule has 5 heteroatoms. The third kappa shape index (κ3) is 5.59. The van der Waals surface area contributed by atoms with Gasteiger partial charge in [0.25, 0.3) is 0 Å². The van der Waals surface area contributed by atoms with Crippen molar-refractivity contribution in [1.82, 2.24) is 14.9 Å². The van der Waals surface area contributed by atoms with Crippen molar-refractivity contribution in [2.45, 2.75) is 52.5 Å². The number of rotatable bonds is 10. The zero-order chi connectivity index (χ0) is 20.6. The minimum Gasteiger partial charge on any atom is -0.494 e. The van der Waals surface area contributed by atoms with Gasteiger partial charge in [0.05, 0.1) is 17.6 Å². The van der Waals surface area contributed by atoms with Gasteiger partial charge in [-0.3, -0.25) is 4.79 Å². The minimum absolute atomic E-state index is 0.0737. The number of fused-ring (bicyclic) bond motifs is 1. The van der Waals surface area contributed by atoms with Crippen LogP contribution in [0, 0.1) is 0 Å². The van der Waals surface area contributed by atoms with E-state index in [0.29, 0.717) is 25.5 Å². The van der Waals surface area contributed by atoms with Crippen molar-refractivity contribution in [3.05, 3.63) is 59.9 Å². The van der Waals surface area contributed by atoms with E-state index in [1.165, 1.54) is 5.56 Å². The van der Waals surface area contributed by atoms with E-state index < -0.39 is 0 Å². The van der Waals surface area contributed by atoms with E-state index in [0.717, 1.165) is 42.0 Å². The summed E-state index contributed by atoms with van der Waals surface area (Å²) in [4.78, 5) is 16.3. The fraction of sp³-hybridized carbons (Fsp3) is 0.417. The lowest BCUT2D eigenvalue weighted by molar-refractivity contribution is -0.120. The van der Waals surface area contributed by atoms with E-state index in [-0.39, 0.29) is 5.91 Å². The lowest BCUT2D eigenvalue weighted by atomic mass is 10.0. The Bertz CT molecular complexity index is 929. The summed E-state index contributed by atoms with van der Waals surface area (Å²) in [5, 5.41) is 2.94. The summed E-state index contributed by atoms with van der Waals surface area (Å²) >= 11 is 0. The second-order valence-electron chi connectivity index (χ2n) is 7.55. The van der Waals surface area contributed by atoms with E-state index in [1.54, 1.807) is 0 Å². The topological polar surface area (TPSA) is 56.2 Å². The number of aryl methyl sites for hydroxylation is 1. The highest BCUT2D eigenvalue weighted by molar-refractivity contribution is 5.76. The number of ether oxygens (including phenoxy) is 1. The third-order valence-electron chi connectivity index (χ3n) is 5.07. The number of benzene rings is 2. The third-order valence-corrected chi connectivity index (χ3v) is 5.07. The number of amides is 1. The van der Waals surface area contributed by atoms with Gasteiger partial charge in [0, 0.05) is 25.9 Å². The summed E-state index contributed by atoms with van der Waals surface area (Å²) < 4.78 is 8.18. The minimum atomic E-state index is 0.0737. The van der Waals surface area contributed by atoms with E-state index in [1.807, 2.05) is 37.3 Å². The first kappa shape index (κ1) is 20.9.